The Morgan fingerprint density at radius 1 is 1.12 bits per heavy atom. The number of carbonyl (C=O) groups excluding carboxylic acids is 3. The average molecular weight is 457 g/mol. The van der Waals surface area contributed by atoms with Crippen LogP contribution in [-0.4, -0.2) is 60.4 Å². The van der Waals surface area contributed by atoms with Gasteiger partial charge in [0.15, 0.2) is 0 Å². The van der Waals surface area contributed by atoms with Crippen LogP contribution in [0.2, 0.25) is 0 Å². The molecule has 0 spiro atoms. The molecule has 3 amide bonds. The van der Waals surface area contributed by atoms with E-state index >= 15 is 0 Å². The van der Waals surface area contributed by atoms with Gasteiger partial charge >= 0.3 is 0 Å². The average Bonchev–Trinajstić information content (AvgIpc) is 3.21. The zero-order valence-electron chi connectivity index (χ0n) is 20.0. The minimum atomic E-state index is -0.664. The molecule has 3 aliphatic rings. The first kappa shape index (κ1) is 23.5. The Morgan fingerprint density at radius 3 is 2.64 bits per heavy atom. The van der Waals surface area contributed by atoms with Gasteiger partial charge in [-0.15, -0.1) is 0 Å². The number of para-hydroxylation sites is 1. The molecule has 4 rings (SSSR count). The molecule has 33 heavy (non-hydrogen) atoms. The van der Waals surface area contributed by atoms with Gasteiger partial charge in [0.2, 0.25) is 17.7 Å². The number of likely N-dealkylation sites (N-methyl/N-ethyl adjacent to an activating group) is 1. The molecule has 3 aliphatic heterocycles. The molecule has 8 heteroatoms. The summed E-state index contributed by atoms with van der Waals surface area (Å²) in [7, 11) is 1.72. The number of rotatable bonds is 5. The van der Waals surface area contributed by atoms with Crippen molar-refractivity contribution in [2.24, 2.45) is 5.41 Å². The lowest BCUT2D eigenvalue weighted by atomic mass is 9.79. The molecule has 0 aliphatic carbocycles. The van der Waals surface area contributed by atoms with Crippen molar-refractivity contribution in [2.75, 3.05) is 13.7 Å². The quantitative estimate of drug-likeness (QED) is 0.629. The van der Waals surface area contributed by atoms with Crippen LogP contribution in [0.3, 0.4) is 0 Å². The molecule has 3 N–H and O–H groups in total. The Hall–Kier alpha value is -2.61. The van der Waals surface area contributed by atoms with Gasteiger partial charge in [-0.2, -0.15) is 0 Å². The summed E-state index contributed by atoms with van der Waals surface area (Å²) in [5.41, 5.74) is 0.576. The predicted molar refractivity (Wildman–Crippen MR) is 125 cm³/mol. The lowest BCUT2D eigenvalue weighted by Gasteiger charge is -2.36. The second kappa shape index (κ2) is 9.33. The third-order valence-electron chi connectivity index (χ3n) is 7.60. The third kappa shape index (κ3) is 4.58. The van der Waals surface area contributed by atoms with Gasteiger partial charge in [0.1, 0.15) is 17.8 Å². The number of hydrogen-bond donors (Lipinski definition) is 3. The van der Waals surface area contributed by atoms with Crippen molar-refractivity contribution in [1.29, 1.82) is 0 Å². The SMILES string of the molecule is CN[C@@H](C)C(=O)NC1C(=O)N2[C@H](CC[C@H]2C(=O)NC2CCOc3ccccc32)CCC1(C)C. The van der Waals surface area contributed by atoms with Gasteiger partial charge in [-0.25, -0.2) is 0 Å². The van der Waals surface area contributed by atoms with Crippen LogP contribution >= 0.6 is 0 Å². The molecule has 2 unspecified atom stereocenters. The molecule has 5 atom stereocenters. The standard InChI is InChI=1S/C25H36N4O4/c1-15(26-4)22(30)28-21-24(32)29-16(11-13-25(21,2)3)9-10-19(29)23(31)27-18-12-14-33-20-8-6-5-7-17(18)20/h5-8,15-16,18-19,21,26H,9-14H2,1-4H3,(H,27,31)(H,28,30)/t15-,16+,18?,19-,21?/m0/s1. The van der Waals surface area contributed by atoms with Gasteiger partial charge in [-0.05, 0) is 51.1 Å². The summed E-state index contributed by atoms with van der Waals surface area (Å²) < 4.78 is 5.72. The minimum Gasteiger partial charge on any atom is -0.493 e. The van der Waals surface area contributed by atoms with Gasteiger partial charge in [0.05, 0.1) is 18.7 Å². The Bertz CT molecular complexity index is 917. The van der Waals surface area contributed by atoms with E-state index in [0.717, 1.165) is 30.6 Å². The second-order valence-electron chi connectivity index (χ2n) is 10.2. The third-order valence-corrected chi connectivity index (χ3v) is 7.60. The summed E-state index contributed by atoms with van der Waals surface area (Å²) in [5, 5.41) is 9.09. The van der Waals surface area contributed by atoms with Crippen molar-refractivity contribution in [3.05, 3.63) is 29.8 Å². The maximum atomic E-state index is 13.8. The van der Waals surface area contributed by atoms with E-state index in [4.69, 9.17) is 4.74 Å². The zero-order chi connectivity index (χ0) is 23.8. The van der Waals surface area contributed by atoms with Crippen LogP contribution in [0.25, 0.3) is 0 Å². The van der Waals surface area contributed by atoms with Crippen molar-refractivity contribution in [3.8, 4) is 5.75 Å². The number of hydrogen-bond acceptors (Lipinski definition) is 5. The van der Waals surface area contributed by atoms with E-state index in [2.05, 4.69) is 16.0 Å². The van der Waals surface area contributed by atoms with Crippen molar-refractivity contribution in [1.82, 2.24) is 20.9 Å². The Morgan fingerprint density at radius 2 is 1.88 bits per heavy atom. The normalized spacial score (nSPS) is 29.2. The van der Waals surface area contributed by atoms with Crippen LogP contribution < -0.4 is 20.7 Å². The summed E-state index contributed by atoms with van der Waals surface area (Å²) in [6.07, 6.45) is 3.77. The molecular weight excluding hydrogens is 420 g/mol. The maximum absolute atomic E-state index is 13.8. The van der Waals surface area contributed by atoms with E-state index in [9.17, 15) is 14.4 Å². The lowest BCUT2D eigenvalue weighted by molar-refractivity contribution is -0.145. The van der Waals surface area contributed by atoms with Gasteiger partial charge in [0.25, 0.3) is 0 Å². The van der Waals surface area contributed by atoms with Crippen molar-refractivity contribution < 1.29 is 19.1 Å². The number of nitrogens with zero attached hydrogens (tertiary/aromatic N) is 1. The van der Waals surface area contributed by atoms with Crippen LogP contribution in [0, 0.1) is 5.41 Å². The Labute approximate surface area is 195 Å². The minimum absolute atomic E-state index is 0.0260. The van der Waals surface area contributed by atoms with Crippen molar-refractivity contribution in [2.45, 2.75) is 83.1 Å². The van der Waals surface area contributed by atoms with Crippen molar-refractivity contribution >= 4 is 17.7 Å². The van der Waals surface area contributed by atoms with E-state index in [-0.39, 0.29) is 29.8 Å². The molecule has 0 aromatic heterocycles. The molecule has 3 heterocycles. The molecule has 2 saturated heterocycles. The Kier molecular flexibility index (Phi) is 6.66. The van der Waals surface area contributed by atoms with Crippen molar-refractivity contribution in [3.63, 3.8) is 0 Å². The lowest BCUT2D eigenvalue weighted by Crippen LogP contribution is -2.59. The highest BCUT2D eigenvalue weighted by atomic mass is 16.5. The summed E-state index contributed by atoms with van der Waals surface area (Å²) in [6.45, 7) is 6.36. The smallest absolute Gasteiger partial charge is 0.246 e. The molecular formula is C25H36N4O4. The molecule has 1 aromatic rings. The van der Waals surface area contributed by atoms with Gasteiger partial charge in [-0.3, -0.25) is 14.4 Å². The fourth-order valence-electron chi connectivity index (χ4n) is 5.34. The number of nitrogens with one attached hydrogen (secondary N) is 3. The van der Waals surface area contributed by atoms with Crippen LogP contribution in [-0.2, 0) is 14.4 Å². The predicted octanol–water partition coefficient (Wildman–Crippen LogP) is 1.90. The first-order valence-electron chi connectivity index (χ1n) is 12.0. The number of amides is 3. The van der Waals surface area contributed by atoms with E-state index in [1.807, 2.05) is 38.1 Å². The van der Waals surface area contributed by atoms with E-state index in [0.29, 0.717) is 19.4 Å². The highest BCUT2D eigenvalue weighted by Gasteiger charge is 2.50. The molecule has 8 nitrogen and oxygen atoms in total. The van der Waals surface area contributed by atoms with E-state index in [1.165, 1.54) is 0 Å². The highest BCUT2D eigenvalue weighted by molar-refractivity contribution is 5.94. The Balaban J connectivity index is 1.53. The maximum Gasteiger partial charge on any atom is 0.246 e. The van der Waals surface area contributed by atoms with Crippen LogP contribution in [0.4, 0.5) is 0 Å². The van der Waals surface area contributed by atoms with E-state index in [1.54, 1.807) is 18.9 Å². The molecule has 0 bridgehead atoms. The van der Waals surface area contributed by atoms with Gasteiger partial charge < -0.3 is 25.6 Å². The first-order valence-corrected chi connectivity index (χ1v) is 12.0. The molecule has 0 radical (unpaired) electrons. The largest absolute Gasteiger partial charge is 0.493 e. The van der Waals surface area contributed by atoms with Crippen LogP contribution in [0.1, 0.15) is 64.5 Å². The highest BCUT2D eigenvalue weighted by Crippen LogP contribution is 2.40. The monoisotopic (exact) mass is 456 g/mol. The molecule has 0 saturated carbocycles. The topological polar surface area (TPSA) is 99.8 Å². The fourth-order valence-corrected chi connectivity index (χ4v) is 5.34. The molecule has 2 fully saturated rings. The summed E-state index contributed by atoms with van der Waals surface area (Å²) >= 11 is 0. The number of benzene rings is 1. The second-order valence-corrected chi connectivity index (χ2v) is 10.2. The number of carbonyl (C=O) groups is 3. The molecule has 1 aromatic carbocycles. The summed E-state index contributed by atoms with van der Waals surface area (Å²) in [6, 6.07) is 6.06. The van der Waals surface area contributed by atoms with Gasteiger partial charge in [-0.1, -0.05) is 32.0 Å². The summed E-state index contributed by atoms with van der Waals surface area (Å²) in [4.78, 5) is 41.6. The van der Waals surface area contributed by atoms with Crippen LogP contribution in [0.15, 0.2) is 24.3 Å². The van der Waals surface area contributed by atoms with E-state index < -0.39 is 23.5 Å². The number of fused-ring (bicyclic) bond motifs is 2. The van der Waals surface area contributed by atoms with Crippen LogP contribution in [0.5, 0.6) is 5.75 Å². The summed E-state index contributed by atoms with van der Waals surface area (Å²) in [5.74, 6) is 0.318. The van der Waals surface area contributed by atoms with Gasteiger partial charge in [0, 0.05) is 18.0 Å². The fraction of sp³-hybridized carbons (Fsp3) is 0.640. The first-order chi connectivity index (χ1) is 15.7. The zero-order valence-corrected chi connectivity index (χ0v) is 20.0. The number of ether oxygens (including phenoxy) is 1. The molecule has 180 valence electrons.